The maximum Gasteiger partial charge on any atom is 0.253 e. The molecule has 1 fully saturated rings. The van der Waals surface area contributed by atoms with Crippen molar-refractivity contribution in [2.24, 2.45) is 0 Å². The van der Waals surface area contributed by atoms with Crippen molar-refractivity contribution < 1.29 is 16.7 Å². The zero-order valence-corrected chi connectivity index (χ0v) is 19.0. The molecular weight excluding hydrogens is 447 g/mol. The number of amides is 1. The Morgan fingerprint density at radius 1 is 1.17 bits per heavy atom. The van der Waals surface area contributed by atoms with E-state index in [2.05, 4.69) is 20.3 Å². The lowest BCUT2D eigenvalue weighted by molar-refractivity contribution is -0.00692. The van der Waals surface area contributed by atoms with E-state index in [0.717, 1.165) is 30.8 Å². The molecule has 0 radical (unpaired) electrons. The van der Waals surface area contributed by atoms with Gasteiger partial charge in [0.1, 0.15) is 5.69 Å². The molecule has 2 aliphatic rings. The van der Waals surface area contributed by atoms with Gasteiger partial charge in [0, 0.05) is 35.5 Å². The Kier molecular flexibility index (Phi) is 4.68. The van der Waals surface area contributed by atoms with Crippen LogP contribution >= 0.6 is 0 Å². The highest BCUT2D eigenvalue weighted by Gasteiger charge is 2.34. The molecule has 1 saturated carbocycles. The van der Waals surface area contributed by atoms with E-state index in [1.165, 1.54) is 12.3 Å². The molecule has 0 spiro atoms. The molecule has 4 aromatic heterocycles. The highest BCUT2D eigenvalue weighted by molar-refractivity contribution is 5.94. The van der Waals surface area contributed by atoms with Crippen molar-refractivity contribution in [2.45, 2.75) is 44.5 Å². The zero-order valence-electron chi connectivity index (χ0n) is 21.0. The van der Waals surface area contributed by atoms with E-state index in [1.807, 2.05) is 18.3 Å². The minimum atomic E-state index is -2.53. The molecule has 6 rings (SSSR count). The number of halogens is 1. The Bertz CT molecular complexity index is 1540. The maximum atomic E-state index is 15.2. The van der Waals surface area contributed by atoms with Crippen molar-refractivity contribution in [3.8, 4) is 11.4 Å². The molecule has 9 heteroatoms. The SMILES string of the molecule is [2H]C1([2H])OCc2ncc(C(=O)NCc3cc4nc(-c5cncc(C6CC6)n5)ccc4cn3)cc2[C@]1(C)F. The van der Waals surface area contributed by atoms with E-state index < -0.39 is 18.1 Å². The molecule has 176 valence electrons. The van der Waals surface area contributed by atoms with Crippen LogP contribution in [0.5, 0.6) is 0 Å². The summed E-state index contributed by atoms with van der Waals surface area (Å²) in [5.74, 6) is 0.0139. The van der Waals surface area contributed by atoms with Crippen LogP contribution in [-0.4, -0.2) is 37.4 Å². The average Bonchev–Trinajstić information content (AvgIpc) is 3.75. The number of nitrogens with zero attached hydrogens (tertiary/aromatic N) is 5. The quantitative estimate of drug-likeness (QED) is 0.468. The van der Waals surface area contributed by atoms with Gasteiger partial charge in [-0.3, -0.25) is 19.7 Å². The number of ether oxygens (including phenoxy) is 1. The van der Waals surface area contributed by atoms with Gasteiger partial charge in [0.05, 0.1) is 62.5 Å². The number of carbonyl (C=O) groups excluding carboxylic acids is 1. The molecule has 0 bridgehead atoms. The Hall–Kier alpha value is -3.85. The Balaban J connectivity index is 1.21. The van der Waals surface area contributed by atoms with Gasteiger partial charge in [0.2, 0.25) is 0 Å². The number of pyridine rings is 3. The van der Waals surface area contributed by atoms with Crippen LogP contribution in [0, 0.1) is 0 Å². The summed E-state index contributed by atoms with van der Waals surface area (Å²) in [4.78, 5) is 35.1. The van der Waals surface area contributed by atoms with Gasteiger partial charge in [-0.05, 0) is 44.0 Å². The summed E-state index contributed by atoms with van der Waals surface area (Å²) in [7, 11) is 0. The van der Waals surface area contributed by atoms with E-state index in [4.69, 9.17) is 17.4 Å². The Labute approximate surface area is 203 Å². The van der Waals surface area contributed by atoms with Gasteiger partial charge in [-0.25, -0.2) is 14.4 Å². The smallest absolute Gasteiger partial charge is 0.253 e. The van der Waals surface area contributed by atoms with Crippen LogP contribution in [0.3, 0.4) is 0 Å². The third kappa shape index (κ3) is 4.35. The highest BCUT2D eigenvalue weighted by atomic mass is 19.1. The summed E-state index contributed by atoms with van der Waals surface area (Å²) in [6, 6.07) is 6.94. The predicted molar refractivity (Wildman–Crippen MR) is 126 cm³/mol. The summed E-state index contributed by atoms with van der Waals surface area (Å²) >= 11 is 0. The van der Waals surface area contributed by atoms with Gasteiger partial charge in [-0.1, -0.05) is 0 Å². The van der Waals surface area contributed by atoms with Crippen LogP contribution in [0.1, 0.15) is 61.4 Å². The van der Waals surface area contributed by atoms with Gasteiger partial charge >= 0.3 is 0 Å². The lowest BCUT2D eigenvalue weighted by atomic mass is 9.94. The van der Waals surface area contributed by atoms with Crippen LogP contribution in [0.15, 0.2) is 49.1 Å². The largest absolute Gasteiger partial charge is 0.371 e. The molecule has 0 saturated heterocycles. The van der Waals surface area contributed by atoms with Crippen LogP contribution in [0.2, 0.25) is 0 Å². The molecule has 1 amide bonds. The number of carbonyl (C=O) groups is 1. The molecule has 1 aliphatic carbocycles. The van der Waals surface area contributed by atoms with Gasteiger partial charge in [0.15, 0.2) is 5.67 Å². The van der Waals surface area contributed by atoms with Crippen LogP contribution in [0.25, 0.3) is 22.3 Å². The minimum absolute atomic E-state index is 0.00538. The number of rotatable bonds is 5. The number of fused-ring (bicyclic) bond motifs is 2. The average molecular weight is 473 g/mol. The second kappa shape index (κ2) is 8.42. The van der Waals surface area contributed by atoms with E-state index in [1.54, 1.807) is 18.5 Å². The number of hydrogen-bond acceptors (Lipinski definition) is 7. The molecule has 0 unspecified atom stereocenters. The standard InChI is InChI=1S/C26H23FN6O2/c1-26(27)14-35-13-24-19(26)6-17(9-30-24)25(34)31-10-18-7-21-16(8-29-18)4-5-20(32-21)23-12-28-11-22(33-23)15-2-3-15/h4-9,11-12,15H,2-3,10,13-14H2,1H3,(H,31,34)/t26-/m1/s1/i14D2. The van der Waals surface area contributed by atoms with Gasteiger partial charge < -0.3 is 10.1 Å². The van der Waals surface area contributed by atoms with Crippen molar-refractivity contribution in [3.05, 3.63) is 77.3 Å². The molecule has 35 heavy (non-hydrogen) atoms. The summed E-state index contributed by atoms with van der Waals surface area (Å²) in [5, 5.41) is 3.62. The topological polar surface area (TPSA) is 103 Å². The fourth-order valence-electron chi connectivity index (χ4n) is 4.08. The zero-order chi connectivity index (χ0) is 25.8. The maximum absolute atomic E-state index is 15.2. The van der Waals surface area contributed by atoms with Crippen molar-refractivity contribution >= 4 is 16.8 Å². The Morgan fingerprint density at radius 2 is 2.06 bits per heavy atom. The predicted octanol–water partition coefficient (Wildman–Crippen LogP) is 4.00. The molecule has 1 N–H and O–H groups in total. The van der Waals surface area contributed by atoms with E-state index in [9.17, 15) is 4.79 Å². The fraction of sp³-hybridized carbons (Fsp3) is 0.308. The highest BCUT2D eigenvalue weighted by Crippen LogP contribution is 2.39. The lowest BCUT2D eigenvalue weighted by Crippen LogP contribution is -2.31. The first kappa shape index (κ1) is 19.5. The second-order valence-corrected chi connectivity index (χ2v) is 8.96. The molecule has 8 nitrogen and oxygen atoms in total. The number of hydrogen-bond donors (Lipinski definition) is 1. The first-order valence-electron chi connectivity index (χ1n) is 12.4. The number of nitrogens with one attached hydrogen (secondary N) is 1. The van der Waals surface area contributed by atoms with Crippen molar-refractivity contribution in [3.63, 3.8) is 0 Å². The normalized spacial score (nSPS) is 21.7. The van der Waals surface area contributed by atoms with E-state index in [-0.39, 0.29) is 30.0 Å². The summed E-state index contributed by atoms with van der Waals surface area (Å²) in [5.41, 5.74) is 1.66. The van der Waals surface area contributed by atoms with Crippen molar-refractivity contribution in [1.82, 2.24) is 30.2 Å². The van der Waals surface area contributed by atoms with Crippen LogP contribution in [-0.2, 0) is 23.6 Å². The van der Waals surface area contributed by atoms with Crippen LogP contribution < -0.4 is 5.32 Å². The third-order valence-electron chi connectivity index (χ3n) is 6.18. The molecule has 4 aromatic rings. The van der Waals surface area contributed by atoms with Gasteiger partial charge in [-0.15, -0.1) is 0 Å². The van der Waals surface area contributed by atoms with E-state index >= 15 is 4.39 Å². The monoisotopic (exact) mass is 472 g/mol. The summed E-state index contributed by atoms with van der Waals surface area (Å²) in [6.07, 6.45) is 8.81. The van der Waals surface area contributed by atoms with Gasteiger partial charge in [-0.2, -0.15) is 0 Å². The third-order valence-corrected chi connectivity index (χ3v) is 6.18. The molecular formula is C26H23FN6O2. The molecule has 0 aromatic carbocycles. The molecule has 1 atom stereocenters. The number of aromatic nitrogens is 5. The number of alkyl halides is 1. The molecule has 5 heterocycles. The van der Waals surface area contributed by atoms with Crippen molar-refractivity contribution in [1.29, 1.82) is 0 Å². The summed E-state index contributed by atoms with van der Waals surface area (Å²) < 4.78 is 35.8. The van der Waals surface area contributed by atoms with E-state index in [0.29, 0.717) is 28.5 Å². The fourth-order valence-corrected chi connectivity index (χ4v) is 4.08. The van der Waals surface area contributed by atoms with Crippen LogP contribution in [0.4, 0.5) is 4.39 Å². The lowest BCUT2D eigenvalue weighted by Gasteiger charge is -2.28. The summed E-state index contributed by atoms with van der Waals surface area (Å²) in [6.45, 7) is -1.49. The van der Waals surface area contributed by atoms with Gasteiger partial charge in [0.25, 0.3) is 5.91 Å². The molecule has 1 aliphatic heterocycles. The second-order valence-electron chi connectivity index (χ2n) is 8.96. The first-order valence-corrected chi connectivity index (χ1v) is 11.4. The minimum Gasteiger partial charge on any atom is -0.371 e. The Morgan fingerprint density at radius 3 is 2.91 bits per heavy atom. The first-order chi connectivity index (χ1) is 17.7. The van der Waals surface area contributed by atoms with Crippen molar-refractivity contribution in [2.75, 3.05) is 6.56 Å².